The van der Waals surface area contributed by atoms with Crippen LogP contribution in [0, 0.1) is 0 Å². The van der Waals surface area contributed by atoms with Crippen molar-refractivity contribution in [2.24, 2.45) is 0 Å². The molecule has 5 nitrogen and oxygen atoms in total. The summed E-state index contributed by atoms with van der Waals surface area (Å²) >= 11 is 6.18. The standard InChI is InChI=1S/C22H19N3O2S4/c1-2-7-25-21(27)19-15(17-4-3-9-28-17)12-30-20(19)23-22(25)31-13-18(26)24-8-5-16-14(11-24)6-10-29-16/h2-4,6,9-10,12H,1,5,7-8,11,13H2. The molecule has 5 rings (SSSR count). The highest BCUT2D eigenvalue weighted by Crippen LogP contribution is 2.34. The number of fused-ring (bicyclic) bond motifs is 2. The lowest BCUT2D eigenvalue weighted by Crippen LogP contribution is -2.36. The van der Waals surface area contributed by atoms with Gasteiger partial charge in [-0.15, -0.1) is 40.6 Å². The SMILES string of the molecule is C=CCn1c(SCC(=O)N2CCc3sccc3C2)nc2scc(-c3cccs3)c2c1=O. The third-order valence-electron chi connectivity index (χ3n) is 5.24. The zero-order chi connectivity index (χ0) is 21.4. The predicted octanol–water partition coefficient (Wildman–Crippen LogP) is 5.11. The van der Waals surface area contributed by atoms with Crippen molar-refractivity contribution in [3.05, 3.63) is 67.8 Å². The summed E-state index contributed by atoms with van der Waals surface area (Å²) in [6, 6.07) is 6.10. The van der Waals surface area contributed by atoms with Crippen molar-refractivity contribution in [3.8, 4) is 10.4 Å². The molecule has 0 saturated heterocycles. The smallest absolute Gasteiger partial charge is 0.263 e. The largest absolute Gasteiger partial charge is 0.337 e. The number of thioether (sulfide) groups is 1. The Morgan fingerprint density at radius 2 is 2.16 bits per heavy atom. The molecular weight excluding hydrogens is 467 g/mol. The maximum atomic E-state index is 13.3. The molecule has 1 amide bonds. The van der Waals surface area contributed by atoms with Gasteiger partial charge in [-0.3, -0.25) is 14.2 Å². The number of carbonyl (C=O) groups is 1. The van der Waals surface area contributed by atoms with E-state index in [9.17, 15) is 9.59 Å². The quantitative estimate of drug-likeness (QED) is 0.216. The number of rotatable bonds is 6. The van der Waals surface area contributed by atoms with Gasteiger partial charge in [0.15, 0.2) is 5.16 Å². The summed E-state index contributed by atoms with van der Waals surface area (Å²) in [4.78, 5) is 36.0. The van der Waals surface area contributed by atoms with Gasteiger partial charge in [-0.25, -0.2) is 4.98 Å². The van der Waals surface area contributed by atoms with E-state index in [0.717, 1.165) is 23.4 Å². The Kier molecular flexibility index (Phi) is 5.83. The molecule has 0 aliphatic carbocycles. The van der Waals surface area contributed by atoms with Gasteiger partial charge in [0.1, 0.15) is 4.83 Å². The maximum absolute atomic E-state index is 13.3. The molecule has 158 valence electrons. The van der Waals surface area contributed by atoms with Crippen molar-refractivity contribution in [1.82, 2.24) is 14.5 Å². The average molecular weight is 486 g/mol. The molecule has 0 fully saturated rings. The number of amides is 1. The molecule has 0 bridgehead atoms. The monoisotopic (exact) mass is 485 g/mol. The summed E-state index contributed by atoms with van der Waals surface area (Å²) < 4.78 is 1.63. The Balaban J connectivity index is 1.42. The predicted molar refractivity (Wildman–Crippen MR) is 132 cm³/mol. The Hall–Kier alpha value is -2.20. The molecule has 0 spiro atoms. The van der Waals surface area contributed by atoms with Crippen LogP contribution in [-0.2, 0) is 24.3 Å². The Labute approximate surface area is 195 Å². The van der Waals surface area contributed by atoms with Gasteiger partial charge >= 0.3 is 0 Å². The third kappa shape index (κ3) is 3.91. The number of hydrogen-bond donors (Lipinski definition) is 0. The number of allylic oxidation sites excluding steroid dienone is 1. The van der Waals surface area contributed by atoms with Gasteiger partial charge in [-0.05, 0) is 34.9 Å². The number of hydrogen-bond acceptors (Lipinski definition) is 7. The van der Waals surface area contributed by atoms with Gasteiger partial charge in [0.05, 0.1) is 11.1 Å². The first-order valence-electron chi connectivity index (χ1n) is 9.78. The molecule has 0 aromatic carbocycles. The minimum Gasteiger partial charge on any atom is -0.337 e. The third-order valence-corrected chi connectivity index (χ3v) is 9.00. The second-order valence-electron chi connectivity index (χ2n) is 7.13. The van der Waals surface area contributed by atoms with Crippen LogP contribution in [0.1, 0.15) is 10.4 Å². The first kappa shape index (κ1) is 20.7. The number of thiophene rings is 3. The molecule has 9 heteroatoms. The molecule has 4 aromatic heterocycles. The minimum absolute atomic E-state index is 0.0757. The van der Waals surface area contributed by atoms with Gasteiger partial charge < -0.3 is 4.90 Å². The second-order valence-corrected chi connectivity index (χ2v) is 10.9. The minimum atomic E-state index is -0.0783. The van der Waals surface area contributed by atoms with Crippen molar-refractivity contribution in [2.75, 3.05) is 12.3 Å². The van der Waals surface area contributed by atoms with Gasteiger partial charge in [0.2, 0.25) is 5.91 Å². The van der Waals surface area contributed by atoms with Crippen LogP contribution in [0.3, 0.4) is 0 Å². The topological polar surface area (TPSA) is 55.2 Å². The fourth-order valence-corrected chi connectivity index (χ4v) is 7.30. The summed E-state index contributed by atoms with van der Waals surface area (Å²) in [5.41, 5.74) is 2.10. The summed E-state index contributed by atoms with van der Waals surface area (Å²) in [6.45, 7) is 5.57. The molecular formula is C22H19N3O2S4. The Bertz CT molecular complexity index is 1320. The normalized spacial score (nSPS) is 13.5. The van der Waals surface area contributed by atoms with Crippen molar-refractivity contribution >= 4 is 61.9 Å². The fraction of sp³-hybridized carbons (Fsp3) is 0.227. The van der Waals surface area contributed by atoms with Gasteiger partial charge in [-0.1, -0.05) is 23.9 Å². The van der Waals surface area contributed by atoms with Crippen LogP contribution >= 0.6 is 45.8 Å². The summed E-state index contributed by atoms with van der Waals surface area (Å²) in [5, 5.41) is 7.30. The molecule has 0 unspecified atom stereocenters. The van der Waals surface area contributed by atoms with Crippen molar-refractivity contribution in [3.63, 3.8) is 0 Å². The molecule has 1 aliphatic heterocycles. The lowest BCUT2D eigenvalue weighted by molar-refractivity contribution is -0.129. The molecule has 0 saturated carbocycles. The average Bonchev–Trinajstić information content (AvgIpc) is 3.53. The Morgan fingerprint density at radius 1 is 1.26 bits per heavy atom. The molecule has 0 atom stereocenters. The van der Waals surface area contributed by atoms with E-state index < -0.39 is 0 Å². The highest BCUT2D eigenvalue weighted by atomic mass is 32.2. The van der Waals surface area contributed by atoms with Gasteiger partial charge in [-0.2, -0.15) is 0 Å². The van der Waals surface area contributed by atoms with Crippen molar-refractivity contribution in [1.29, 1.82) is 0 Å². The van der Waals surface area contributed by atoms with Crippen LogP contribution in [0.4, 0.5) is 0 Å². The van der Waals surface area contributed by atoms with E-state index in [1.165, 1.54) is 33.5 Å². The zero-order valence-corrected chi connectivity index (χ0v) is 19.8. The van der Waals surface area contributed by atoms with Gasteiger partial charge in [0.25, 0.3) is 5.56 Å². The summed E-state index contributed by atoms with van der Waals surface area (Å²) in [7, 11) is 0. The van der Waals surface area contributed by atoms with E-state index in [-0.39, 0.29) is 17.2 Å². The van der Waals surface area contributed by atoms with Crippen LogP contribution in [0.5, 0.6) is 0 Å². The molecule has 1 aliphatic rings. The van der Waals surface area contributed by atoms with Crippen LogP contribution in [-0.4, -0.2) is 32.7 Å². The van der Waals surface area contributed by atoms with E-state index in [1.54, 1.807) is 33.3 Å². The number of carbonyl (C=O) groups excluding carboxylic acids is 1. The maximum Gasteiger partial charge on any atom is 0.263 e. The second kappa shape index (κ2) is 8.74. The Morgan fingerprint density at radius 3 is 2.97 bits per heavy atom. The number of aromatic nitrogens is 2. The van der Waals surface area contributed by atoms with Crippen LogP contribution < -0.4 is 5.56 Å². The van der Waals surface area contributed by atoms with Crippen molar-refractivity contribution in [2.45, 2.75) is 24.7 Å². The number of nitrogens with zero attached hydrogens (tertiary/aromatic N) is 3. The van der Waals surface area contributed by atoms with Crippen LogP contribution in [0.25, 0.3) is 20.7 Å². The first-order chi connectivity index (χ1) is 15.2. The lowest BCUT2D eigenvalue weighted by atomic mass is 10.1. The fourth-order valence-electron chi connectivity index (χ4n) is 3.70. The van der Waals surface area contributed by atoms with Gasteiger partial charge in [0, 0.05) is 40.3 Å². The van der Waals surface area contributed by atoms with E-state index in [4.69, 9.17) is 4.98 Å². The first-order valence-corrected chi connectivity index (χ1v) is 13.4. The van der Waals surface area contributed by atoms with Crippen LogP contribution in [0.15, 0.2) is 56.9 Å². The van der Waals surface area contributed by atoms with E-state index in [1.807, 2.05) is 27.8 Å². The molecule has 0 radical (unpaired) electrons. The molecule has 5 heterocycles. The summed E-state index contributed by atoms with van der Waals surface area (Å²) in [5.74, 6) is 0.337. The van der Waals surface area contributed by atoms with E-state index in [2.05, 4.69) is 18.0 Å². The summed E-state index contributed by atoms with van der Waals surface area (Å²) in [6.07, 6.45) is 2.61. The molecule has 0 N–H and O–H groups in total. The highest BCUT2D eigenvalue weighted by molar-refractivity contribution is 7.99. The van der Waals surface area contributed by atoms with Crippen molar-refractivity contribution < 1.29 is 4.79 Å². The molecule has 31 heavy (non-hydrogen) atoms. The lowest BCUT2D eigenvalue weighted by Gasteiger charge is -2.27. The molecule has 4 aromatic rings. The van der Waals surface area contributed by atoms with E-state index >= 15 is 0 Å². The van der Waals surface area contributed by atoms with Crippen LogP contribution in [0.2, 0.25) is 0 Å². The highest BCUT2D eigenvalue weighted by Gasteiger charge is 2.23. The van der Waals surface area contributed by atoms with E-state index in [0.29, 0.717) is 28.5 Å². The zero-order valence-electron chi connectivity index (χ0n) is 16.6.